The fraction of sp³-hybridized carbons (Fsp3) is 0.867. The molecule has 1 aliphatic heterocycles. The average Bonchev–Trinajstić information content (AvgIpc) is 2.33. The predicted molar refractivity (Wildman–Crippen MR) is 93.2 cm³/mol. The highest BCUT2D eigenvalue weighted by Crippen LogP contribution is 2.36. The van der Waals surface area contributed by atoms with E-state index in [9.17, 15) is 4.79 Å². The molecule has 0 aromatic heterocycles. The van der Waals surface area contributed by atoms with Gasteiger partial charge in [0.2, 0.25) is 0 Å². The largest absolute Gasteiger partial charge is 0.466 e. The number of carbonyl (C=O) groups is 1. The number of guanidine groups is 1. The zero-order valence-corrected chi connectivity index (χ0v) is 15.5. The summed E-state index contributed by atoms with van der Waals surface area (Å²) >= 11 is 0. The highest BCUT2D eigenvalue weighted by Gasteiger charge is 2.30. The van der Waals surface area contributed by atoms with E-state index in [1.807, 2.05) is 0 Å². The van der Waals surface area contributed by atoms with E-state index >= 15 is 0 Å². The number of rotatable bonds is 3. The third-order valence-corrected chi connectivity index (χ3v) is 8.44. The molecule has 5 nitrogen and oxygen atoms in total. The maximum Gasteiger partial charge on any atom is 0.302 e. The third-order valence-electron chi connectivity index (χ3n) is 3.85. The van der Waals surface area contributed by atoms with Gasteiger partial charge >= 0.3 is 5.97 Å². The van der Waals surface area contributed by atoms with Gasteiger partial charge in [0, 0.05) is 6.92 Å². The van der Waals surface area contributed by atoms with Crippen LogP contribution in [0.15, 0.2) is 0 Å². The molecule has 1 heterocycles. The lowest BCUT2D eigenvalue weighted by Crippen LogP contribution is -2.33. The Morgan fingerprint density at radius 2 is 1.86 bits per heavy atom. The Morgan fingerprint density at radius 3 is 2.14 bits per heavy atom. The standard InChI is InChI=1S/C8H18Si.C6H12O2.CH5N3/c1-8-6-4-5-7-9(8,2)3;1-3-4-5-8-6(2)7;2-1(3)4/h8H,4-7H2,1-3H3;3-5H2,1-2H3;(H5,2,3,4). The Morgan fingerprint density at radius 1 is 1.33 bits per heavy atom. The van der Waals surface area contributed by atoms with E-state index in [4.69, 9.17) is 5.41 Å². The molecule has 0 aromatic rings. The first-order valence-corrected chi connectivity index (χ1v) is 11.1. The van der Waals surface area contributed by atoms with Crippen LogP contribution in [0.3, 0.4) is 0 Å². The smallest absolute Gasteiger partial charge is 0.302 e. The number of nitrogens with two attached hydrogens (primary N) is 2. The monoisotopic (exact) mass is 317 g/mol. The first-order valence-electron chi connectivity index (χ1n) is 7.86. The van der Waals surface area contributed by atoms with Crippen molar-refractivity contribution in [2.75, 3.05) is 6.61 Å². The minimum absolute atomic E-state index is 0.182. The van der Waals surface area contributed by atoms with Gasteiger partial charge in [-0.3, -0.25) is 10.2 Å². The molecular formula is C15H35N3O2Si. The third kappa shape index (κ3) is 16.9. The van der Waals surface area contributed by atoms with Gasteiger partial charge in [0.1, 0.15) is 0 Å². The van der Waals surface area contributed by atoms with Gasteiger partial charge in [-0.05, 0) is 12.0 Å². The van der Waals surface area contributed by atoms with Crippen molar-refractivity contribution in [1.82, 2.24) is 0 Å². The summed E-state index contributed by atoms with van der Waals surface area (Å²) < 4.78 is 4.64. The molecule has 21 heavy (non-hydrogen) atoms. The van der Waals surface area contributed by atoms with Crippen molar-refractivity contribution < 1.29 is 9.53 Å². The van der Waals surface area contributed by atoms with E-state index < -0.39 is 8.07 Å². The Balaban J connectivity index is 0. The van der Waals surface area contributed by atoms with Crippen molar-refractivity contribution in [3.8, 4) is 0 Å². The molecule has 6 heteroatoms. The van der Waals surface area contributed by atoms with Gasteiger partial charge < -0.3 is 16.2 Å². The van der Waals surface area contributed by atoms with Crippen LogP contribution in [0.25, 0.3) is 0 Å². The number of carbonyl (C=O) groups excluding carboxylic acids is 1. The quantitative estimate of drug-likeness (QED) is 0.244. The minimum atomic E-state index is -0.694. The fourth-order valence-corrected chi connectivity index (χ4v) is 4.67. The first kappa shape index (κ1) is 22.2. The molecule has 0 radical (unpaired) electrons. The van der Waals surface area contributed by atoms with Gasteiger partial charge in [-0.2, -0.15) is 0 Å². The van der Waals surface area contributed by atoms with E-state index in [-0.39, 0.29) is 11.9 Å². The van der Waals surface area contributed by atoms with Gasteiger partial charge in [0.15, 0.2) is 5.96 Å². The van der Waals surface area contributed by atoms with Crippen molar-refractivity contribution >= 4 is 20.0 Å². The molecule has 0 aliphatic carbocycles. The van der Waals surface area contributed by atoms with Crippen molar-refractivity contribution in [1.29, 1.82) is 5.41 Å². The van der Waals surface area contributed by atoms with Crippen molar-refractivity contribution in [2.45, 2.75) is 77.6 Å². The number of ether oxygens (including phenoxy) is 1. The maximum absolute atomic E-state index is 10.1. The Hall–Kier alpha value is -1.04. The van der Waals surface area contributed by atoms with Gasteiger partial charge in [0.05, 0.1) is 14.7 Å². The highest BCUT2D eigenvalue weighted by molar-refractivity contribution is 6.78. The van der Waals surface area contributed by atoms with Crippen LogP contribution < -0.4 is 11.5 Å². The Kier molecular flexibility index (Phi) is 13.4. The van der Waals surface area contributed by atoms with Crippen LogP contribution in [0, 0.1) is 5.41 Å². The number of hydrogen-bond donors (Lipinski definition) is 3. The summed E-state index contributed by atoms with van der Waals surface area (Å²) in [6.07, 6.45) is 6.58. The SMILES string of the molecule is CC1CCCC[Si]1(C)C.CCCCOC(C)=O.N=C(N)N. The molecule has 1 unspecified atom stereocenters. The summed E-state index contributed by atoms with van der Waals surface area (Å²) in [7, 11) is -0.694. The van der Waals surface area contributed by atoms with E-state index in [2.05, 4.69) is 43.1 Å². The summed E-state index contributed by atoms with van der Waals surface area (Å²) in [5.74, 6) is -0.515. The molecule has 1 aliphatic rings. The van der Waals surface area contributed by atoms with Gasteiger partial charge in [0.25, 0.3) is 0 Å². The molecule has 1 rings (SSSR count). The van der Waals surface area contributed by atoms with Crippen molar-refractivity contribution in [3.63, 3.8) is 0 Å². The van der Waals surface area contributed by atoms with E-state index in [1.54, 1.807) is 6.04 Å². The number of hydrogen-bond acceptors (Lipinski definition) is 3. The van der Waals surface area contributed by atoms with E-state index in [1.165, 1.54) is 26.2 Å². The van der Waals surface area contributed by atoms with Gasteiger partial charge in [-0.15, -0.1) is 0 Å². The van der Waals surface area contributed by atoms with Crippen molar-refractivity contribution in [2.24, 2.45) is 11.5 Å². The zero-order valence-electron chi connectivity index (χ0n) is 14.5. The molecular weight excluding hydrogens is 282 g/mol. The van der Waals surface area contributed by atoms with Crippen LogP contribution in [0.1, 0.15) is 52.9 Å². The summed E-state index contributed by atoms with van der Waals surface area (Å²) in [5.41, 5.74) is 10.0. The molecule has 1 saturated heterocycles. The summed E-state index contributed by atoms with van der Waals surface area (Å²) in [6.45, 7) is 11.6. The molecule has 0 amide bonds. The number of nitrogens with one attached hydrogen (secondary N) is 1. The fourth-order valence-electron chi connectivity index (χ4n) is 2.03. The second kappa shape index (κ2) is 12.7. The topological polar surface area (TPSA) is 102 Å². The second-order valence-corrected chi connectivity index (χ2v) is 11.7. The molecule has 126 valence electrons. The van der Waals surface area contributed by atoms with Crippen molar-refractivity contribution in [3.05, 3.63) is 0 Å². The maximum atomic E-state index is 10.1. The van der Waals surface area contributed by atoms with E-state index in [0.29, 0.717) is 6.61 Å². The van der Waals surface area contributed by atoms with Crippen LogP contribution in [0.5, 0.6) is 0 Å². The molecule has 0 bridgehead atoms. The Bertz CT molecular complexity index is 293. The summed E-state index contributed by atoms with van der Waals surface area (Å²) in [6, 6.07) is 1.58. The van der Waals surface area contributed by atoms with Crippen LogP contribution in [-0.4, -0.2) is 26.6 Å². The molecule has 1 atom stereocenters. The molecule has 0 saturated carbocycles. The molecule has 1 fully saturated rings. The molecule has 0 aromatic carbocycles. The van der Waals surface area contributed by atoms with E-state index in [0.717, 1.165) is 18.4 Å². The lowest BCUT2D eigenvalue weighted by atomic mass is 10.2. The predicted octanol–water partition coefficient (Wildman–Crippen LogP) is 3.46. The highest BCUT2D eigenvalue weighted by atomic mass is 28.3. The average molecular weight is 318 g/mol. The lowest BCUT2D eigenvalue weighted by molar-refractivity contribution is -0.141. The minimum Gasteiger partial charge on any atom is -0.466 e. The first-order chi connectivity index (χ1) is 9.63. The second-order valence-electron chi connectivity index (χ2n) is 6.28. The van der Waals surface area contributed by atoms with Crippen LogP contribution >= 0.6 is 0 Å². The summed E-state index contributed by atoms with van der Waals surface area (Å²) in [4.78, 5) is 10.1. The van der Waals surface area contributed by atoms with Gasteiger partial charge in [-0.1, -0.05) is 58.7 Å². The number of unbranched alkanes of at least 4 members (excludes halogenated alkanes) is 1. The van der Waals surface area contributed by atoms with Crippen LogP contribution in [0.4, 0.5) is 0 Å². The molecule has 5 N–H and O–H groups in total. The molecule has 0 spiro atoms. The Labute approximate surface area is 131 Å². The van der Waals surface area contributed by atoms with Crippen LogP contribution in [-0.2, 0) is 9.53 Å². The van der Waals surface area contributed by atoms with Crippen LogP contribution in [0.2, 0.25) is 24.7 Å². The zero-order chi connectivity index (χ0) is 16.9. The van der Waals surface area contributed by atoms with Gasteiger partial charge in [-0.25, -0.2) is 0 Å². The summed E-state index contributed by atoms with van der Waals surface area (Å²) in [5, 5.41) is 6.06. The number of esters is 1. The normalized spacial score (nSPS) is 19.2. The lowest BCUT2D eigenvalue weighted by Gasteiger charge is -2.34.